The van der Waals surface area contributed by atoms with Gasteiger partial charge in [0.2, 0.25) is 11.8 Å². The van der Waals surface area contributed by atoms with Crippen LogP contribution in [-0.4, -0.2) is 47.8 Å². The van der Waals surface area contributed by atoms with Gasteiger partial charge in [-0.05, 0) is 18.2 Å². The van der Waals surface area contributed by atoms with Crippen LogP contribution in [0.15, 0.2) is 24.3 Å². The minimum atomic E-state index is -0.0994. The molecule has 1 saturated heterocycles. The van der Waals surface area contributed by atoms with Crippen LogP contribution in [0, 0.1) is 5.92 Å². The number of hydrogen-bond donors (Lipinski definition) is 0. The second-order valence-corrected chi connectivity index (χ2v) is 6.59. The van der Waals surface area contributed by atoms with Crippen LogP contribution in [0.5, 0.6) is 0 Å². The molecule has 0 N–H and O–H groups in total. The number of piperazine rings is 1. The number of rotatable bonds is 3. The van der Waals surface area contributed by atoms with E-state index in [-0.39, 0.29) is 17.7 Å². The molecule has 1 aliphatic rings. The third-order valence-electron chi connectivity index (χ3n) is 3.79. The maximum atomic E-state index is 12.3. The molecule has 2 rings (SSSR count). The van der Waals surface area contributed by atoms with Crippen LogP contribution in [0.1, 0.15) is 19.4 Å². The largest absolute Gasteiger partial charge is 0.339 e. The van der Waals surface area contributed by atoms with Gasteiger partial charge in [0.15, 0.2) is 0 Å². The number of nitrogens with zero attached hydrogens (tertiary/aromatic N) is 2. The molecule has 0 saturated carbocycles. The zero-order chi connectivity index (χ0) is 17.0. The summed E-state index contributed by atoms with van der Waals surface area (Å²) < 4.78 is 0. The molecule has 0 aromatic heterocycles. The monoisotopic (exact) mass is 354 g/mol. The number of carbonyl (C=O) groups is 2. The fourth-order valence-electron chi connectivity index (χ4n) is 2.44. The Morgan fingerprint density at radius 1 is 1.04 bits per heavy atom. The highest BCUT2D eigenvalue weighted by atomic mass is 35.5. The van der Waals surface area contributed by atoms with Crippen molar-refractivity contribution in [1.29, 1.82) is 0 Å². The van der Waals surface area contributed by atoms with Crippen molar-refractivity contribution < 1.29 is 9.59 Å². The zero-order valence-electron chi connectivity index (χ0n) is 13.3. The van der Waals surface area contributed by atoms with Crippen LogP contribution in [0.3, 0.4) is 0 Å². The molecule has 0 bridgehead atoms. The average Bonchev–Trinajstić information content (AvgIpc) is 2.53. The van der Waals surface area contributed by atoms with E-state index in [0.29, 0.717) is 41.8 Å². The van der Waals surface area contributed by atoms with Crippen LogP contribution in [0.2, 0.25) is 10.0 Å². The number of hydrogen-bond acceptors (Lipinski definition) is 2. The molecule has 0 radical (unpaired) electrons. The van der Waals surface area contributed by atoms with Crippen molar-refractivity contribution >= 4 is 41.1 Å². The van der Waals surface area contributed by atoms with Gasteiger partial charge in [0.05, 0.1) is 0 Å². The molecule has 1 aromatic carbocycles. The Kier molecular flexibility index (Phi) is 6.08. The molecule has 6 heteroatoms. The summed E-state index contributed by atoms with van der Waals surface area (Å²) in [4.78, 5) is 27.7. The molecule has 1 heterocycles. The summed E-state index contributed by atoms with van der Waals surface area (Å²) in [5, 5.41) is 1.02. The van der Waals surface area contributed by atoms with Gasteiger partial charge in [0.1, 0.15) is 0 Å². The molecule has 2 amide bonds. The van der Waals surface area contributed by atoms with Gasteiger partial charge in [-0.3, -0.25) is 9.59 Å². The normalized spacial score (nSPS) is 15.5. The maximum Gasteiger partial charge on any atom is 0.246 e. The quantitative estimate of drug-likeness (QED) is 0.781. The lowest BCUT2D eigenvalue weighted by atomic mass is 10.1. The zero-order valence-corrected chi connectivity index (χ0v) is 14.8. The first-order valence-corrected chi connectivity index (χ1v) is 8.35. The van der Waals surface area contributed by atoms with Crippen molar-refractivity contribution in [2.45, 2.75) is 13.8 Å². The Bertz CT molecular complexity index is 601. The molecule has 0 spiro atoms. The van der Waals surface area contributed by atoms with Gasteiger partial charge < -0.3 is 9.80 Å². The first-order chi connectivity index (χ1) is 10.9. The van der Waals surface area contributed by atoms with Crippen LogP contribution >= 0.6 is 23.2 Å². The summed E-state index contributed by atoms with van der Waals surface area (Å²) in [5.41, 5.74) is 0.637. The Labute approximate surface area is 146 Å². The molecule has 1 aromatic rings. The van der Waals surface area contributed by atoms with Crippen molar-refractivity contribution in [1.82, 2.24) is 9.80 Å². The average molecular weight is 355 g/mol. The molecule has 1 fully saturated rings. The molecule has 124 valence electrons. The fraction of sp³-hybridized carbons (Fsp3) is 0.412. The topological polar surface area (TPSA) is 40.6 Å². The SMILES string of the molecule is CC(C)C(=O)N1CCN(C(=O)/C=C/c2c(Cl)cccc2Cl)CC1. The minimum absolute atomic E-state index is 0.0143. The number of carbonyl (C=O) groups excluding carboxylic acids is 2. The smallest absolute Gasteiger partial charge is 0.246 e. The predicted octanol–water partition coefficient (Wildman–Crippen LogP) is 3.33. The summed E-state index contributed by atoms with van der Waals surface area (Å²) in [6, 6.07) is 5.22. The summed E-state index contributed by atoms with van der Waals surface area (Å²) >= 11 is 12.2. The first kappa shape index (κ1) is 17.8. The van der Waals surface area contributed by atoms with E-state index in [1.54, 1.807) is 29.2 Å². The van der Waals surface area contributed by atoms with E-state index < -0.39 is 0 Å². The lowest BCUT2D eigenvalue weighted by Gasteiger charge is -2.35. The second kappa shape index (κ2) is 7.84. The van der Waals surface area contributed by atoms with E-state index in [1.165, 1.54) is 6.08 Å². The van der Waals surface area contributed by atoms with Gasteiger partial charge in [0, 0.05) is 53.8 Å². The Morgan fingerprint density at radius 3 is 2.09 bits per heavy atom. The maximum absolute atomic E-state index is 12.3. The van der Waals surface area contributed by atoms with E-state index in [9.17, 15) is 9.59 Å². The Hall–Kier alpha value is -1.52. The van der Waals surface area contributed by atoms with Crippen molar-refractivity contribution in [3.63, 3.8) is 0 Å². The van der Waals surface area contributed by atoms with E-state index in [1.807, 2.05) is 18.7 Å². The standard InChI is InChI=1S/C17H20Cl2N2O2/c1-12(2)17(23)21-10-8-20(9-11-21)16(22)7-6-13-14(18)4-3-5-15(13)19/h3-7,12H,8-11H2,1-2H3/b7-6+. The molecular formula is C17H20Cl2N2O2. The Morgan fingerprint density at radius 2 is 1.57 bits per heavy atom. The molecule has 23 heavy (non-hydrogen) atoms. The second-order valence-electron chi connectivity index (χ2n) is 5.77. The summed E-state index contributed by atoms with van der Waals surface area (Å²) in [6.45, 7) is 5.99. The van der Waals surface area contributed by atoms with Crippen LogP contribution < -0.4 is 0 Å². The van der Waals surface area contributed by atoms with Gasteiger partial charge in [-0.25, -0.2) is 0 Å². The van der Waals surface area contributed by atoms with Crippen molar-refractivity contribution in [3.8, 4) is 0 Å². The summed E-state index contributed by atoms with van der Waals surface area (Å²) in [7, 11) is 0. The van der Waals surface area contributed by atoms with Crippen LogP contribution in [0.25, 0.3) is 6.08 Å². The number of benzene rings is 1. The van der Waals surface area contributed by atoms with Crippen molar-refractivity contribution in [3.05, 3.63) is 39.9 Å². The highest BCUT2D eigenvalue weighted by molar-refractivity contribution is 6.37. The van der Waals surface area contributed by atoms with Crippen molar-refractivity contribution in [2.24, 2.45) is 5.92 Å². The van der Waals surface area contributed by atoms with Gasteiger partial charge in [-0.2, -0.15) is 0 Å². The van der Waals surface area contributed by atoms with Crippen molar-refractivity contribution in [2.75, 3.05) is 26.2 Å². The van der Waals surface area contributed by atoms with E-state index in [4.69, 9.17) is 23.2 Å². The van der Waals surface area contributed by atoms with E-state index in [0.717, 1.165) is 0 Å². The lowest BCUT2D eigenvalue weighted by Crippen LogP contribution is -2.51. The number of amides is 2. The molecular weight excluding hydrogens is 335 g/mol. The third kappa shape index (κ3) is 4.49. The third-order valence-corrected chi connectivity index (χ3v) is 4.45. The van der Waals surface area contributed by atoms with Gasteiger partial charge >= 0.3 is 0 Å². The fourth-order valence-corrected chi connectivity index (χ4v) is 2.97. The molecule has 4 nitrogen and oxygen atoms in total. The van der Waals surface area contributed by atoms with Crippen LogP contribution in [0.4, 0.5) is 0 Å². The summed E-state index contributed by atoms with van der Waals surface area (Å²) in [5.74, 6) is 0.0210. The first-order valence-electron chi connectivity index (χ1n) is 7.60. The van der Waals surface area contributed by atoms with Gasteiger partial charge in [0.25, 0.3) is 0 Å². The Balaban J connectivity index is 1.95. The lowest BCUT2D eigenvalue weighted by molar-refractivity contribution is -0.139. The van der Waals surface area contributed by atoms with Gasteiger partial charge in [-0.15, -0.1) is 0 Å². The number of halogens is 2. The summed E-state index contributed by atoms with van der Waals surface area (Å²) in [6.07, 6.45) is 3.12. The van der Waals surface area contributed by atoms with Crippen LogP contribution in [-0.2, 0) is 9.59 Å². The van der Waals surface area contributed by atoms with Gasteiger partial charge in [-0.1, -0.05) is 43.1 Å². The molecule has 1 aliphatic heterocycles. The molecule has 0 unspecified atom stereocenters. The minimum Gasteiger partial charge on any atom is -0.339 e. The van der Waals surface area contributed by atoms with E-state index in [2.05, 4.69) is 0 Å². The highest BCUT2D eigenvalue weighted by Crippen LogP contribution is 2.25. The molecule has 0 aliphatic carbocycles. The van der Waals surface area contributed by atoms with E-state index >= 15 is 0 Å². The highest BCUT2D eigenvalue weighted by Gasteiger charge is 2.24. The predicted molar refractivity (Wildman–Crippen MR) is 93.5 cm³/mol. The molecule has 0 atom stereocenters.